The zero-order valence-electron chi connectivity index (χ0n) is 22.0. The topological polar surface area (TPSA) is 111 Å². The summed E-state index contributed by atoms with van der Waals surface area (Å²) in [6, 6.07) is 7.72. The first-order chi connectivity index (χ1) is 18.2. The van der Waals surface area contributed by atoms with E-state index in [1.54, 1.807) is 18.4 Å². The van der Waals surface area contributed by atoms with Crippen LogP contribution in [-0.2, 0) is 19.4 Å². The number of methoxy groups -OCH3 is 1. The molecule has 9 nitrogen and oxygen atoms in total. The number of amides is 2. The minimum absolute atomic E-state index is 0.0557. The van der Waals surface area contributed by atoms with Gasteiger partial charge >= 0.3 is 0 Å². The van der Waals surface area contributed by atoms with Crippen LogP contribution in [0.15, 0.2) is 29.6 Å². The third-order valence-corrected chi connectivity index (χ3v) is 8.08. The van der Waals surface area contributed by atoms with E-state index in [9.17, 15) is 9.59 Å². The Labute approximate surface area is 229 Å². The van der Waals surface area contributed by atoms with Crippen molar-refractivity contribution in [3.05, 3.63) is 51.6 Å². The molecule has 0 radical (unpaired) electrons. The average Bonchev–Trinajstić information content (AvgIpc) is 3.65. The largest absolute Gasteiger partial charge is 0.496 e. The van der Waals surface area contributed by atoms with Gasteiger partial charge in [-0.1, -0.05) is 45.1 Å². The number of nitrogens with zero attached hydrogens (tertiary/aromatic N) is 4. The molecule has 2 amide bonds. The van der Waals surface area contributed by atoms with E-state index in [1.807, 2.05) is 41.1 Å². The second-order valence-corrected chi connectivity index (χ2v) is 12.3. The van der Waals surface area contributed by atoms with Crippen LogP contribution in [-0.4, -0.2) is 45.2 Å². The molecule has 38 heavy (non-hydrogen) atoms. The molecule has 11 heteroatoms. The summed E-state index contributed by atoms with van der Waals surface area (Å²) in [5.74, 6) is 0.319. The van der Waals surface area contributed by atoms with Gasteiger partial charge in [-0.2, -0.15) is 0 Å². The number of carbonyl (C=O) groups is 2. The van der Waals surface area contributed by atoms with Crippen LogP contribution in [0.1, 0.15) is 59.2 Å². The number of rotatable bonds is 7. The number of imidazole rings is 1. The standard InChI is InChI=1S/C27H30N6O3S2/c1-6-20-31-32-26(38-20)30-24(34)17-13-16-15(12-18(17)36-5)9-10-33-22(16)21(19-8-7-11-37-19)29-23(33)25(35)28-14-27(2,3)4/h7-8,11-13H,6,9-10,14H2,1-5H3,(H,28,35)(H,30,32,34). The molecule has 0 fully saturated rings. The van der Waals surface area contributed by atoms with Crippen molar-refractivity contribution in [1.29, 1.82) is 0 Å². The molecule has 1 aromatic carbocycles. The fraction of sp³-hybridized carbons (Fsp3) is 0.370. The lowest BCUT2D eigenvalue weighted by Crippen LogP contribution is -2.34. The van der Waals surface area contributed by atoms with E-state index in [2.05, 4.69) is 41.6 Å². The summed E-state index contributed by atoms with van der Waals surface area (Å²) < 4.78 is 7.59. The van der Waals surface area contributed by atoms with E-state index in [0.29, 0.717) is 41.8 Å². The van der Waals surface area contributed by atoms with Crippen molar-refractivity contribution in [3.8, 4) is 27.6 Å². The molecule has 5 rings (SSSR count). The summed E-state index contributed by atoms with van der Waals surface area (Å²) in [6.07, 6.45) is 1.42. The van der Waals surface area contributed by atoms with Gasteiger partial charge in [0.2, 0.25) is 5.13 Å². The third kappa shape index (κ3) is 5.08. The second kappa shape index (κ2) is 10.3. The Bertz CT molecular complexity index is 1500. The molecule has 0 unspecified atom stereocenters. The van der Waals surface area contributed by atoms with Gasteiger partial charge < -0.3 is 14.6 Å². The van der Waals surface area contributed by atoms with Gasteiger partial charge in [0.05, 0.1) is 23.2 Å². The number of aromatic nitrogens is 4. The van der Waals surface area contributed by atoms with Gasteiger partial charge in [0, 0.05) is 18.7 Å². The van der Waals surface area contributed by atoms with E-state index in [4.69, 9.17) is 9.72 Å². The van der Waals surface area contributed by atoms with Crippen molar-refractivity contribution in [2.24, 2.45) is 5.41 Å². The van der Waals surface area contributed by atoms with E-state index >= 15 is 0 Å². The first-order valence-corrected chi connectivity index (χ1v) is 14.2. The Hall–Kier alpha value is -3.57. The van der Waals surface area contributed by atoms with Crippen LogP contribution >= 0.6 is 22.7 Å². The number of aryl methyl sites for hydroxylation is 2. The molecule has 1 aliphatic heterocycles. The molecule has 0 saturated carbocycles. The van der Waals surface area contributed by atoms with E-state index in [0.717, 1.165) is 38.8 Å². The number of benzene rings is 1. The highest BCUT2D eigenvalue weighted by Gasteiger charge is 2.31. The van der Waals surface area contributed by atoms with Crippen LogP contribution in [0.5, 0.6) is 5.75 Å². The number of hydrogen-bond donors (Lipinski definition) is 2. The van der Waals surface area contributed by atoms with Crippen LogP contribution < -0.4 is 15.4 Å². The van der Waals surface area contributed by atoms with Gasteiger partial charge in [-0.3, -0.25) is 14.9 Å². The molecule has 1 aliphatic rings. The predicted octanol–water partition coefficient (Wildman–Crippen LogP) is 5.29. The molecule has 198 valence electrons. The third-order valence-electron chi connectivity index (χ3n) is 6.22. The molecule has 0 spiro atoms. The Balaban J connectivity index is 1.60. The summed E-state index contributed by atoms with van der Waals surface area (Å²) in [4.78, 5) is 32.4. The maximum Gasteiger partial charge on any atom is 0.287 e. The van der Waals surface area contributed by atoms with Crippen LogP contribution in [0.25, 0.3) is 21.8 Å². The summed E-state index contributed by atoms with van der Waals surface area (Å²) in [6.45, 7) is 9.35. The fourth-order valence-electron chi connectivity index (χ4n) is 4.37. The van der Waals surface area contributed by atoms with Crippen LogP contribution in [0, 0.1) is 5.41 Å². The van der Waals surface area contributed by atoms with Crippen LogP contribution in [0.3, 0.4) is 0 Å². The second-order valence-electron chi connectivity index (χ2n) is 10.3. The Morgan fingerprint density at radius 1 is 1.18 bits per heavy atom. The molecule has 0 bridgehead atoms. The quantitative estimate of drug-likeness (QED) is 0.324. The Morgan fingerprint density at radius 2 is 2.00 bits per heavy atom. The fourth-order valence-corrected chi connectivity index (χ4v) is 5.76. The van der Waals surface area contributed by atoms with Gasteiger partial charge in [-0.25, -0.2) is 4.98 Å². The van der Waals surface area contributed by atoms with Gasteiger partial charge in [0.15, 0.2) is 5.82 Å². The molecular formula is C27H30N6O3S2. The minimum atomic E-state index is -0.332. The smallest absolute Gasteiger partial charge is 0.287 e. The lowest BCUT2D eigenvalue weighted by atomic mass is 9.93. The maximum absolute atomic E-state index is 13.4. The van der Waals surface area contributed by atoms with Gasteiger partial charge in [0.1, 0.15) is 16.5 Å². The number of carbonyl (C=O) groups excluding carboxylic acids is 2. The number of hydrogen-bond acceptors (Lipinski definition) is 8. The Kier molecular flexibility index (Phi) is 7.06. The molecular weight excluding hydrogens is 520 g/mol. The highest BCUT2D eigenvalue weighted by Crippen LogP contribution is 2.42. The van der Waals surface area contributed by atoms with E-state index in [-0.39, 0.29) is 17.2 Å². The van der Waals surface area contributed by atoms with Crippen molar-refractivity contribution < 1.29 is 14.3 Å². The predicted molar refractivity (Wildman–Crippen MR) is 150 cm³/mol. The first-order valence-electron chi connectivity index (χ1n) is 12.5. The summed E-state index contributed by atoms with van der Waals surface area (Å²) >= 11 is 2.91. The van der Waals surface area contributed by atoms with Gasteiger partial charge in [-0.15, -0.1) is 21.5 Å². The molecule has 0 aliphatic carbocycles. The highest BCUT2D eigenvalue weighted by atomic mass is 32.1. The SMILES string of the molecule is CCc1nnc(NC(=O)c2cc3c(cc2OC)CCn2c(C(=O)NCC(C)(C)C)nc(-c4cccs4)c2-3)s1. The molecule has 4 aromatic rings. The first kappa shape index (κ1) is 26.1. The summed E-state index contributed by atoms with van der Waals surface area (Å²) in [7, 11) is 1.56. The monoisotopic (exact) mass is 550 g/mol. The highest BCUT2D eigenvalue weighted by molar-refractivity contribution is 7.15. The number of thiophene rings is 1. The number of fused-ring (bicyclic) bond motifs is 3. The summed E-state index contributed by atoms with van der Waals surface area (Å²) in [5.41, 5.74) is 3.78. The van der Waals surface area contributed by atoms with Crippen molar-refractivity contribution >= 4 is 39.6 Å². The van der Waals surface area contributed by atoms with Crippen molar-refractivity contribution in [2.75, 3.05) is 19.0 Å². The number of ether oxygens (including phenoxy) is 1. The average molecular weight is 551 g/mol. The zero-order valence-corrected chi connectivity index (χ0v) is 23.7. The lowest BCUT2D eigenvalue weighted by molar-refractivity contribution is 0.0923. The number of nitrogens with one attached hydrogen (secondary N) is 2. The van der Waals surface area contributed by atoms with Crippen LogP contribution in [0.2, 0.25) is 0 Å². The lowest BCUT2D eigenvalue weighted by Gasteiger charge is -2.23. The van der Waals surface area contributed by atoms with Gasteiger partial charge in [0.25, 0.3) is 11.8 Å². The zero-order chi connectivity index (χ0) is 27.0. The van der Waals surface area contributed by atoms with E-state index in [1.165, 1.54) is 11.3 Å². The van der Waals surface area contributed by atoms with Crippen LogP contribution in [0.4, 0.5) is 5.13 Å². The van der Waals surface area contributed by atoms with Crippen molar-refractivity contribution in [1.82, 2.24) is 25.1 Å². The normalized spacial score (nSPS) is 12.6. The van der Waals surface area contributed by atoms with Gasteiger partial charge in [-0.05, 0) is 47.4 Å². The number of anilines is 1. The molecule has 0 saturated heterocycles. The minimum Gasteiger partial charge on any atom is -0.496 e. The molecule has 2 N–H and O–H groups in total. The maximum atomic E-state index is 13.4. The molecule has 0 atom stereocenters. The molecule has 3 aromatic heterocycles. The van der Waals surface area contributed by atoms with E-state index < -0.39 is 0 Å². The Morgan fingerprint density at radius 3 is 2.66 bits per heavy atom. The summed E-state index contributed by atoms with van der Waals surface area (Å²) in [5, 5.41) is 17.3. The molecule has 4 heterocycles. The van der Waals surface area contributed by atoms with Crippen molar-refractivity contribution in [3.63, 3.8) is 0 Å². The van der Waals surface area contributed by atoms with Crippen molar-refractivity contribution in [2.45, 2.75) is 47.1 Å².